The molecule has 1 aromatic carbocycles. The third-order valence-corrected chi connectivity index (χ3v) is 2.27. The Hall–Kier alpha value is -2.37. The number of aromatic nitrogens is 3. The first-order valence-electron chi connectivity index (χ1n) is 5.11. The van der Waals surface area contributed by atoms with E-state index in [1.807, 2.05) is 43.3 Å². The molecule has 0 unspecified atom stereocenters. The van der Waals surface area contributed by atoms with Crippen molar-refractivity contribution < 1.29 is 4.79 Å². The fraction of sp³-hybridized carbons (Fsp3) is 0.182. The highest BCUT2D eigenvalue weighted by atomic mass is 16.2. The van der Waals surface area contributed by atoms with Crippen LogP contribution in [-0.2, 0) is 0 Å². The second kappa shape index (κ2) is 4.65. The predicted octanol–water partition coefficient (Wildman–Crippen LogP) is 1.12. The lowest BCUT2D eigenvalue weighted by atomic mass is 10.2. The average Bonchev–Trinajstić information content (AvgIpc) is 2.83. The van der Waals surface area contributed by atoms with E-state index in [0.717, 1.165) is 11.4 Å². The molecular formula is C11H13N5O. The molecule has 0 fully saturated rings. The van der Waals surface area contributed by atoms with E-state index in [4.69, 9.17) is 0 Å². The minimum Gasteiger partial charge on any atom is -0.378 e. The Morgan fingerprint density at radius 2 is 2.00 bits per heavy atom. The maximum Gasteiger partial charge on any atom is 0.292 e. The van der Waals surface area contributed by atoms with Gasteiger partial charge in [0.15, 0.2) is 0 Å². The van der Waals surface area contributed by atoms with Gasteiger partial charge in [0, 0.05) is 25.5 Å². The van der Waals surface area contributed by atoms with E-state index in [-0.39, 0.29) is 11.7 Å². The number of H-pyrrole nitrogens is 1. The van der Waals surface area contributed by atoms with Gasteiger partial charge in [-0.25, -0.2) is 4.98 Å². The van der Waals surface area contributed by atoms with Crippen molar-refractivity contribution in [3.05, 3.63) is 36.4 Å². The summed E-state index contributed by atoms with van der Waals surface area (Å²) in [6.45, 7) is 0. The predicted molar refractivity (Wildman–Crippen MR) is 65.1 cm³/mol. The number of hydrogen-bond acceptors (Lipinski definition) is 4. The summed E-state index contributed by atoms with van der Waals surface area (Å²) < 4.78 is 0. The molecule has 2 rings (SSSR count). The Morgan fingerprint density at radius 1 is 1.29 bits per heavy atom. The molecule has 0 aliphatic heterocycles. The van der Waals surface area contributed by atoms with E-state index in [0.29, 0.717) is 0 Å². The molecule has 88 valence electrons. The number of carbonyl (C=O) groups is 1. The Labute approximate surface area is 98.7 Å². The second-order valence-corrected chi connectivity index (χ2v) is 3.73. The van der Waals surface area contributed by atoms with Gasteiger partial charge in [-0.2, -0.15) is 5.10 Å². The molecule has 0 aliphatic carbocycles. The van der Waals surface area contributed by atoms with E-state index < -0.39 is 0 Å². The number of nitrogens with one attached hydrogen (secondary N) is 2. The van der Waals surface area contributed by atoms with Crippen molar-refractivity contribution in [2.75, 3.05) is 24.3 Å². The van der Waals surface area contributed by atoms with Crippen molar-refractivity contribution in [1.82, 2.24) is 15.2 Å². The van der Waals surface area contributed by atoms with Gasteiger partial charge in [0.05, 0.1) is 0 Å². The summed E-state index contributed by atoms with van der Waals surface area (Å²) in [5.41, 5.74) is 1.79. The number of rotatable bonds is 3. The van der Waals surface area contributed by atoms with Crippen molar-refractivity contribution in [2.24, 2.45) is 0 Å². The highest BCUT2D eigenvalue weighted by Crippen LogP contribution is 2.15. The molecule has 1 heterocycles. The van der Waals surface area contributed by atoms with Crippen LogP contribution in [0.3, 0.4) is 0 Å². The molecule has 1 aromatic heterocycles. The lowest BCUT2D eigenvalue weighted by Crippen LogP contribution is -2.14. The van der Waals surface area contributed by atoms with Gasteiger partial charge in [0.1, 0.15) is 6.33 Å². The molecular weight excluding hydrogens is 218 g/mol. The van der Waals surface area contributed by atoms with Crippen LogP contribution >= 0.6 is 0 Å². The number of nitrogens with zero attached hydrogens (tertiary/aromatic N) is 3. The van der Waals surface area contributed by atoms with E-state index in [1.165, 1.54) is 6.33 Å². The lowest BCUT2D eigenvalue weighted by molar-refractivity contribution is 0.101. The number of anilines is 2. The first-order chi connectivity index (χ1) is 8.16. The highest BCUT2D eigenvalue weighted by Gasteiger charge is 2.08. The standard InChI is InChI=1S/C11H13N5O/c1-16(2)9-5-3-8(4-6-9)14-11(17)10-12-7-13-15-10/h3-7H,1-2H3,(H,14,17)(H,12,13,15). The zero-order valence-electron chi connectivity index (χ0n) is 9.64. The van der Waals surface area contributed by atoms with Crippen LogP contribution in [0, 0.1) is 0 Å². The molecule has 2 N–H and O–H groups in total. The molecule has 6 heteroatoms. The Morgan fingerprint density at radius 3 is 2.53 bits per heavy atom. The van der Waals surface area contributed by atoms with Crippen LogP contribution in [-0.4, -0.2) is 35.2 Å². The van der Waals surface area contributed by atoms with Crippen molar-refractivity contribution in [3.63, 3.8) is 0 Å². The van der Waals surface area contributed by atoms with E-state index >= 15 is 0 Å². The summed E-state index contributed by atoms with van der Waals surface area (Å²) in [4.78, 5) is 17.4. The molecule has 0 aliphatic rings. The second-order valence-electron chi connectivity index (χ2n) is 3.73. The maximum absolute atomic E-state index is 11.6. The van der Waals surface area contributed by atoms with Crippen LogP contribution in [0.2, 0.25) is 0 Å². The molecule has 0 bridgehead atoms. The SMILES string of the molecule is CN(C)c1ccc(NC(=O)c2ncn[nH]2)cc1. The lowest BCUT2D eigenvalue weighted by Gasteiger charge is -2.12. The molecule has 0 saturated carbocycles. The molecule has 0 radical (unpaired) electrons. The number of benzene rings is 1. The van der Waals surface area contributed by atoms with Gasteiger partial charge in [-0.1, -0.05) is 0 Å². The average molecular weight is 231 g/mol. The number of hydrogen-bond donors (Lipinski definition) is 2. The third kappa shape index (κ3) is 2.60. The summed E-state index contributed by atoms with van der Waals surface area (Å²) in [5.74, 6) is -0.109. The fourth-order valence-corrected chi connectivity index (χ4v) is 1.35. The number of aromatic amines is 1. The van der Waals surface area contributed by atoms with Crippen LogP contribution in [0.1, 0.15) is 10.6 Å². The van der Waals surface area contributed by atoms with Crippen molar-refractivity contribution in [3.8, 4) is 0 Å². The molecule has 2 aromatic rings. The Kier molecular flexibility index (Phi) is 3.04. The number of amides is 1. The third-order valence-electron chi connectivity index (χ3n) is 2.27. The van der Waals surface area contributed by atoms with Crippen LogP contribution < -0.4 is 10.2 Å². The van der Waals surface area contributed by atoms with Gasteiger partial charge < -0.3 is 10.2 Å². The summed E-state index contributed by atoms with van der Waals surface area (Å²) in [7, 11) is 3.92. The molecule has 0 saturated heterocycles. The van der Waals surface area contributed by atoms with Gasteiger partial charge in [-0.05, 0) is 24.3 Å². The number of carbonyl (C=O) groups excluding carboxylic acids is 1. The van der Waals surface area contributed by atoms with Crippen LogP contribution in [0.25, 0.3) is 0 Å². The van der Waals surface area contributed by atoms with Crippen molar-refractivity contribution in [1.29, 1.82) is 0 Å². The summed E-state index contributed by atoms with van der Waals surface area (Å²) in [6.07, 6.45) is 1.30. The van der Waals surface area contributed by atoms with E-state index in [1.54, 1.807) is 0 Å². The van der Waals surface area contributed by atoms with E-state index in [2.05, 4.69) is 20.5 Å². The zero-order valence-corrected chi connectivity index (χ0v) is 9.64. The molecule has 1 amide bonds. The quantitative estimate of drug-likeness (QED) is 0.830. The smallest absolute Gasteiger partial charge is 0.292 e. The minimum absolute atomic E-state index is 0.196. The Balaban J connectivity index is 2.07. The van der Waals surface area contributed by atoms with Gasteiger partial charge in [-0.15, -0.1) is 0 Å². The fourth-order valence-electron chi connectivity index (χ4n) is 1.35. The first-order valence-corrected chi connectivity index (χ1v) is 5.11. The molecule has 0 atom stereocenters. The van der Waals surface area contributed by atoms with Crippen molar-refractivity contribution in [2.45, 2.75) is 0 Å². The zero-order chi connectivity index (χ0) is 12.3. The summed E-state index contributed by atoms with van der Waals surface area (Å²) in [5, 5.41) is 8.84. The highest BCUT2D eigenvalue weighted by molar-refractivity contribution is 6.01. The maximum atomic E-state index is 11.6. The molecule has 0 spiro atoms. The Bertz CT molecular complexity index is 489. The van der Waals surface area contributed by atoms with Crippen LogP contribution in [0.15, 0.2) is 30.6 Å². The van der Waals surface area contributed by atoms with Gasteiger partial charge in [0.25, 0.3) is 5.91 Å². The monoisotopic (exact) mass is 231 g/mol. The van der Waals surface area contributed by atoms with Gasteiger partial charge in [0.2, 0.25) is 5.82 Å². The van der Waals surface area contributed by atoms with E-state index in [9.17, 15) is 4.79 Å². The van der Waals surface area contributed by atoms with Gasteiger partial charge in [-0.3, -0.25) is 9.89 Å². The molecule has 17 heavy (non-hydrogen) atoms. The minimum atomic E-state index is -0.305. The topological polar surface area (TPSA) is 73.9 Å². The van der Waals surface area contributed by atoms with Gasteiger partial charge >= 0.3 is 0 Å². The largest absolute Gasteiger partial charge is 0.378 e. The molecule has 6 nitrogen and oxygen atoms in total. The first kappa shape index (κ1) is 11.1. The van der Waals surface area contributed by atoms with Crippen LogP contribution in [0.5, 0.6) is 0 Å². The summed E-state index contributed by atoms with van der Waals surface area (Å²) >= 11 is 0. The summed E-state index contributed by atoms with van der Waals surface area (Å²) in [6, 6.07) is 7.53. The normalized spacial score (nSPS) is 10.0. The van der Waals surface area contributed by atoms with Crippen LogP contribution in [0.4, 0.5) is 11.4 Å². The van der Waals surface area contributed by atoms with Crippen molar-refractivity contribution >= 4 is 17.3 Å².